The number of ether oxygens (including phenoxy) is 6. The topological polar surface area (TPSA) is 314 Å². The maximum absolute atomic E-state index is 14.4. The second kappa shape index (κ2) is 22.6. The van der Waals surface area contributed by atoms with Gasteiger partial charge in [0.05, 0.1) is 25.0 Å². The van der Waals surface area contributed by atoms with Gasteiger partial charge in [0.1, 0.15) is 23.4 Å². The van der Waals surface area contributed by atoms with Crippen molar-refractivity contribution in [2.75, 3.05) is 38.9 Å². The highest BCUT2D eigenvalue weighted by Gasteiger charge is 2.67. The molecule has 408 valence electrons. The van der Waals surface area contributed by atoms with Gasteiger partial charge in [0.2, 0.25) is 24.1 Å². The molecule has 0 radical (unpaired) electrons. The first-order valence-electron chi connectivity index (χ1n) is 26.0. The SMILES string of the molecule is CCc1cccc(CCOc2c(O)c(OC)c3c(c2O)C(=O)OC(O)C2(CC3)OC3Oc4c(OCN=C(N)NCCCCO)cc(C(=O)O)c5c4C4(CCCC4)C(C#CCC(O)(C3O)C2O)C(CC(C)C)C(C)N5)c1. The van der Waals surface area contributed by atoms with Crippen LogP contribution >= 0.6 is 0 Å². The van der Waals surface area contributed by atoms with Crippen molar-refractivity contribution in [1.29, 1.82) is 0 Å². The second-order valence-electron chi connectivity index (χ2n) is 20.9. The zero-order valence-corrected chi connectivity index (χ0v) is 43.2. The lowest BCUT2D eigenvalue weighted by atomic mass is 9.62. The number of carboxylic acid groups (broad SMARTS) is 1. The quantitative estimate of drug-likeness (QED) is 0.0312. The van der Waals surface area contributed by atoms with E-state index in [2.05, 4.69) is 41.3 Å². The molecule has 1 saturated carbocycles. The standard InChI is InChI=1S/C55H72N4O16/c1-6-31-13-11-14-32(26-31)17-24-71-45-41(61)38-33(43(70-5)42(45)62)16-21-55(51(68)74-48(38)66)50(67)54(69)20-12-15-36-34(25-29(2)3)30(4)59-40-35(47(64)65)27-37(72-28-58-52(56)57-22-9-10-23-60)44(73-49(75-55)46(54)63)39(40)53(36)18-7-8-19-53/h11,13-14,26-27,29-30,34,36,46,49-51,59-63,67-69H,6-10,16-25,28H2,1-5H3,(H,64,65)(H3,56,57,58). The number of carbonyl (C=O) groups excluding carboxylic acids is 1. The Kier molecular flexibility index (Phi) is 16.6. The number of nitrogens with two attached hydrogens (primary N) is 1. The summed E-state index contributed by atoms with van der Waals surface area (Å²) in [7, 11) is 1.23. The zero-order valence-electron chi connectivity index (χ0n) is 43.2. The van der Waals surface area contributed by atoms with Crippen LogP contribution in [0.1, 0.15) is 128 Å². The monoisotopic (exact) mass is 1040 g/mol. The van der Waals surface area contributed by atoms with Crippen molar-refractivity contribution < 1.29 is 78.9 Å². The number of nitrogens with zero attached hydrogens (tertiary/aromatic N) is 1. The van der Waals surface area contributed by atoms with Gasteiger partial charge in [-0.1, -0.05) is 69.7 Å². The van der Waals surface area contributed by atoms with Crippen LogP contribution in [0.3, 0.4) is 0 Å². The molecule has 3 aromatic carbocycles. The van der Waals surface area contributed by atoms with Gasteiger partial charge < -0.3 is 85.6 Å². The predicted octanol–water partition coefficient (Wildman–Crippen LogP) is 4.36. The number of aliphatic hydroxyl groups is 5. The minimum absolute atomic E-state index is 0.000120. The van der Waals surface area contributed by atoms with E-state index in [4.69, 9.17) is 34.2 Å². The maximum Gasteiger partial charge on any atom is 0.344 e. The molecule has 12 N–H and O–H groups in total. The third-order valence-corrected chi connectivity index (χ3v) is 15.8. The number of phenols is 2. The number of guanidine groups is 1. The first-order valence-corrected chi connectivity index (χ1v) is 26.0. The molecule has 1 aliphatic carbocycles. The van der Waals surface area contributed by atoms with Gasteiger partial charge in [0, 0.05) is 60.6 Å². The summed E-state index contributed by atoms with van der Waals surface area (Å²) in [5, 5.41) is 100. The van der Waals surface area contributed by atoms with Crippen LogP contribution in [0, 0.1) is 29.6 Å². The van der Waals surface area contributed by atoms with Crippen LogP contribution in [-0.4, -0.2) is 134 Å². The first-order chi connectivity index (χ1) is 35.8. The molecule has 2 spiro atoms. The summed E-state index contributed by atoms with van der Waals surface area (Å²) >= 11 is 0. The maximum atomic E-state index is 14.4. The Balaban J connectivity index is 1.25. The number of fused-ring (bicyclic) bond motifs is 3. The fourth-order valence-corrected chi connectivity index (χ4v) is 12.0. The Morgan fingerprint density at radius 3 is 2.48 bits per heavy atom. The van der Waals surface area contributed by atoms with E-state index in [1.807, 2.05) is 38.1 Å². The number of unbranched alkanes of at least 4 members (excludes halogenated alkanes) is 1. The summed E-state index contributed by atoms with van der Waals surface area (Å²) in [6.07, 6.45) is -4.96. The number of hydrogen-bond donors (Lipinski definition) is 11. The summed E-state index contributed by atoms with van der Waals surface area (Å²) in [6, 6.07) is 8.73. The van der Waals surface area contributed by atoms with E-state index in [9.17, 15) is 50.4 Å². The highest BCUT2D eigenvalue weighted by molar-refractivity contribution is 5.98. The fraction of sp³-hybridized carbons (Fsp3) is 0.582. The van der Waals surface area contributed by atoms with Crippen LogP contribution in [0.15, 0.2) is 35.3 Å². The summed E-state index contributed by atoms with van der Waals surface area (Å²) in [5.41, 5.74) is 1.88. The number of anilines is 1. The third kappa shape index (κ3) is 10.3. The Morgan fingerprint density at radius 1 is 1.04 bits per heavy atom. The molecule has 4 aliphatic heterocycles. The molecule has 0 amide bonds. The van der Waals surface area contributed by atoms with Gasteiger partial charge >= 0.3 is 11.9 Å². The molecule has 2 fully saturated rings. The minimum atomic E-state index is -2.70. The van der Waals surface area contributed by atoms with Gasteiger partial charge in [-0.05, 0) is 81.3 Å². The third-order valence-electron chi connectivity index (χ3n) is 15.8. The number of methoxy groups -OCH3 is 1. The van der Waals surface area contributed by atoms with Crippen molar-refractivity contribution in [3.05, 3.63) is 63.7 Å². The van der Waals surface area contributed by atoms with Gasteiger partial charge in [0.25, 0.3) is 0 Å². The lowest BCUT2D eigenvalue weighted by molar-refractivity contribution is -0.381. The van der Waals surface area contributed by atoms with Gasteiger partial charge in [-0.25, -0.2) is 14.6 Å². The highest BCUT2D eigenvalue weighted by Crippen LogP contribution is 2.61. The molecule has 3 aromatic rings. The van der Waals surface area contributed by atoms with E-state index in [0.717, 1.165) is 30.4 Å². The van der Waals surface area contributed by atoms with E-state index in [-0.39, 0.29) is 71.1 Å². The number of benzene rings is 3. The molecular weight excluding hydrogens is 973 g/mol. The smallest absolute Gasteiger partial charge is 0.344 e. The molecule has 20 heteroatoms. The number of carboxylic acids is 1. The molecule has 20 nitrogen and oxygen atoms in total. The molecule has 0 aromatic heterocycles. The molecule has 5 aliphatic rings. The molecule has 9 atom stereocenters. The molecule has 4 bridgehead atoms. The number of aromatic carboxylic acids is 1. The van der Waals surface area contributed by atoms with Crippen LogP contribution in [0.25, 0.3) is 0 Å². The Morgan fingerprint density at radius 2 is 1.79 bits per heavy atom. The van der Waals surface area contributed by atoms with Crippen molar-refractivity contribution >= 4 is 23.6 Å². The number of phenolic OH excluding ortho intramolecular Hbond substituents is 2. The molecule has 4 heterocycles. The number of aliphatic hydroxyl groups excluding tert-OH is 4. The van der Waals surface area contributed by atoms with Crippen LogP contribution in [0.4, 0.5) is 5.69 Å². The van der Waals surface area contributed by atoms with Crippen LogP contribution in [0.2, 0.25) is 0 Å². The number of esters is 1. The average molecular weight is 1050 g/mol. The average Bonchev–Trinajstić information content (AvgIpc) is 3.87. The van der Waals surface area contributed by atoms with Crippen LogP contribution in [-0.2, 0) is 34.2 Å². The van der Waals surface area contributed by atoms with Gasteiger partial charge in [-0.3, -0.25) is 0 Å². The molecule has 9 unspecified atom stereocenters. The number of nitrogens with one attached hydrogen (secondary N) is 2. The van der Waals surface area contributed by atoms with E-state index < -0.39 is 108 Å². The molecule has 1 saturated heterocycles. The van der Waals surface area contributed by atoms with E-state index in [0.29, 0.717) is 50.6 Å². The van der Waals surface area contributed by atoms with Crippen molar-refractivity contribution in [2.24, 2.45) is 28.5 Å². The molecular formula is C55H72N4O16. The Labute approximate surface area is 436 Å². The van der Waals surface area contributed by atoms with Gasteiger partial charge in [-0.15, -0.1) is 0 Å². The Hall–Kier alpha value is -6.21. The number of hydrogen-bond acceptors (Lipinski definition) is 17. The number of carbonyl (C=O) groups is 2. The Bertz CT molecular complexity index is 2700. The number of cyclic esters (lactones) is 1. The number of aromatic hydroxyl groups is 2. The summed E-state index contributed by atoms with van der Waals surface area (Å²) in [6.45, 7) is 8.08. The van der Waals surface area contributed by atoms with Gasteiger partial charge in [-0.2, -0.15) is 0 Å². The highest BCUT2D eigenvalue weighted by atomic mass is 16.7. The second-order valence-corrected chi connectivity index (χ2v) is 20.9. The lowest BCUT2D eigenvalue weighted by Crippen LogP contribution is -2.75. The normalized spacial score (nSPS) is 27.7. The summed E-state index contributed by atoms with van der Waals surface area (Å²) in [5.74, 6) is 0.974. The lowest BCUT2D eigenvalue weighted by Gasteiger charge is -2.54. The number of aliphatic imine (C=N–C) groups is 1. The van der Waals surface area contributed by atoms with E-state index in [1.54, 1.807) is 0 Å². The van der Waals surface area contributed by atoms with Gasteiger partial charge in [0.15, 0.2) is 41.3 Å². The predicted molar refractivity (Wildman–Crippen MR) is 273 cm³/mol. The largest absolute Gasteiger partial charge is 0.504 e. The number of rotatable bonds is 16. The minimum Gasteiger partial charge on any atom is -0.504 e. The zero-order chi connectivity index (χ0) is 54.0. The molecule has 8 rings (SSSR count). The fourth-order valence-electron chi connectivity index (χ4n) is 12.0. The molecule has 75 heavy (non-hydrogen) atoms. The van der Waals surface area contributed by atoms with E-state index >= 15 is 0 Å². The van der Waals surface area contributed by atoms with Crippen molar-refractivity contribution in [3.8, 4) is 46.3 Å². The first kappa shape index (κ1) is 55.0. The summed E-state index contributed by atoms with van der Waals surface area (Å²) in [4.78, 5) is 32.1. The van der Waals surface area contributed by atoms with Crippen molar-refractivity contribution in [3.63, 3.8) is 0 Å². The van der Waals surface area contributed by atoms with Crippen LogP contribution in [0.5, 0.6) is 34.5 Å². The number of aryl methyl sites for hydroxylation is 1. The van der Waals surface area contributed by atoms with Crippen molar-refractivity contribution in [2.45, 2.75) is 152 Å². The van der Waals surface area contributed by atoms with E-state index in [1.165, 1.54) is 13.2 Å². The van der Waals surface area contributed by atoms with Crippen molar-refractivity contribution in [1.82, 2.24) is 5.32 Å². The van der Waals surface area contributed by atoms with Crippen LogP contribution < -0.4 is 35.3 Å². The summed E-state index contributed by atoms with van der Waals surface area (Å²) < 4.78 is 37.0.